The molecule has 0 heterocycles. The highest BCUT2D eigenvalue weighted by atomic mass is 16.2. The van der Waals surface area contributed by atoms with E-state index in [1.807, 2.05) is 7.05 Å². The van der Waals surface area contributed by atoms with Crippen molar-refractivity contribution in [2.45, 2.75) is 20.3 Å². The standard InChI is InChI=1S/C10H20N2O/c1-6-8(2)9(11-3)7-10(13)12(4)5/h7-8,11H,6H2,1-5H3/b9-7-. The van der Waals surface area contributed by atoms with Crippen molar-refractivity contribution in [3.8, 4) is 0 Å². The van der Waals surface area contributed by atoms with E-state index in [9.17, 15) is 4.79 Å². The number of allylic oxidation sites excluding steroid dienone is 1. The molecule has 3 heteroatoms. The Bertz CT molecular complexity index is 197. The van der Waals surface area contributed by atoms with Crippen molar-refractivity contribution in [2.24, 2.45) is 5.92 Å². The van der Waals surface area contributed by atoms with E-state index in [1.165, 1.54) is 0 Å². The van der Waals surface area contributed by atoms with Crippen molar-refractivity contribution in [3.63, 3.8) is 0 Å². The average molecular weight is 184 g/mol. The van der Waals surface area contributed by atoms with Crippen LogP contribution in [-0.4, -0.2) is 32.0 Å². The molecule has 1 N–H and O–H groups in total. The summed E-state index contributed by atoms with van der Waals surface area (Å²) in [6.45, 7) is 4.21. The predicted octanol–water partition coefficient (Wildman–Crippen LogP) is 1.22. The van der Waals surface area contributed by atoms with Gasteiger partial charge in [0.15, 0.2) is 0 Å². The van der Waals surface area contributed by atoms with E-state index in [2.05, 4.69) is 19.2 Å². The third-order valence-electron chi connectivity index (χ3n) is 2.15. The van der Waals surface area contributed by atoms with Crippen molar-refractivity contribution in [3.05, 3.63) is 11.8 Å². The van der Waals surface area contributed by atoms with E-state index in [4.69, 9.17) is 0 Å². The van der Waals surface area contributed by atoms with Crippen LogP contribution in [0.1, 0.15) is 20.3 Å². The summed E-state index contributed by atoms with van der Waals surface area (Å²) in [5.41, 5.74) is 1.00. The molecule has 0 aromatic rings. The quantitative estimate of drug-likeness (QED) is 0.666. The van der Waals surface area contributed by atoms with Gasteiger partial charge < -0.3 is 10.2 Å². The van der Waals surface area contributed by atoms with Crippen LogP contribution in [0.3, 0.4) is 0 Å². The van der Waals surface area contributed by atoms with Gasteiger partial charge in [0.1, 0.15) is 0 Å². The lowest BCUT2D eigenvalue weighted by molar-refractivity contribution is -0.123. The largest absolute Gasteiger partial charge is 0.391 e. The number of hydrogen-bond acceptors (Lipinski definition) is 2. The van der Waals surface area contributed by atoms with Crippen LogP contribution in [0.25, 0.3) is 0 Å². The van der Waals surface area contributed by atoms with E-state index < -0.39 is 0 Å². The maximum Gasteiger partial charge on any atom is 0.247 e. The Labute approximate surface area is 80.8 Å². The molecule has 0 spiro atoms. The minimum Gasteiger partial charge on any atom is -0.391 e. The summed E-state index contributed by atoms with van der Waals surface area (Å²) in [5, 5.41) is 3.05. The highest BCUT2D eigenvalue weighted by Gasteiger charge is 2.07. The number of carbonyl (C=O) groups excluding carboxylic acids is 1. The van der Waals surface area contributed by atoms with Gasteiger partial charge in [0.2, 0.25) is 5.91 Å². The molecule has 1 unspecified atom stereocenters. The number of hydrogen-bond donors (Lipinski definition) is 1. The summed E-state index contributed by atoms with van der Waals surface area (Å²) >= 11 is 0. The Morgan fingerprint density at radius 2 is 2.08 bits per heavy atom. The summed E-state index contributed by atoms with van der Waals surface area (Å²) < 4.78 is 0. The molecule has 0 radical (unpaired) electrons. The zero-order valence-corrected chi connectivity index (χ0v) is 9.22. The first kappa shape index (κ1) is 12.0. The Kier molecular flexibility index (Phi) is 5.19. The summed E-state index contributed by atoms with van der Waals surface area (Å²) in [4.78, 5) is 12.9. The molecule has 3 nitrogen and oxygen atoms in total. The predicted molar refractivity (Wildman–Crippen MR) is 55.3 cm³/mol. The van der Waals surface area contributed by atoms with Crippen LogP contribution in [0.15, 0.2) is 11.8 Å². The summed E-state index contributed by atoms with van der Waals surface area (Å²) in [6.07, 6.45) is 2.70. The van der Waals surface area contributed by atoms with Crippen LogP contribution in [0, 0.1) is 5.92 Å². The molecule has 0 fully saturated rings. The lowest BCUT2D eigenvalue weighted by Gasteiger charge is -2.15. The van der Waals surface area contributed by atoms with Crippen molar-refractivity contribution in [2.75, 3.05) is 21.1 Å². The molecule has 13 heavy (non-hydrogen) atoms. The first-order chi connectivity index (χ1) is 6.02. The minimum atomic E-state index is 0.0321. The Morgan fingerprint density at radius 1 is 1.54 bits per heavy atom. The molecule has 0 aromatic heterocycles. The van der Waals surface area contributed by atoms with Gasteiger partial charge in [-0.05, 0) is 12.3 Å². The van der Waals surface area contributed by atoms with Gasteiger partial charge in [0.25, 0.3) is 0 Å². The molecule has 0 aliphatic carbocycles. The molecule has 0 saturated carbocycles. The molecule has 0 aromatic carbocycles. The third-order valence-corrected chi connectivity index (χ3v) is 2.15. The van der Waals surface area contributed by atoms with E-state index in [1.54, 1.807) is 25.1 Å². The van der Waals surface area contributed by atoms with Crippen molar-refractivity contribution < 1.29 is 4.79 Å². The van der Waals surface area contributed by atoms with Crippen LogP contribution in [0.2, 0.25) is 0 Å². The highest BCUT2D eigenvalue weighted by Crippen LogP contribution is 2.10. The number of nitrogens with zero attached hydrogens (tertiary/aromatic N) is 1. The number of amides is 1. The van der Waals surface area contributed by atoms with Crippen LogP contribution in [0.4, 0.5) is 0 Å². The second-order valence-corrected chi connectivity index (χ2v) is 3.39. The first-order valence-corrected chi connectivity index (χ1v) is 4.63. The van der Waals surface area contributed by atoms with Gasteiger partial charge in [-0.25, -0.2) is 0 Å². The van der Waals surface area contributed by atoms with Gasteiger partial charge in [0.05, 0.1) is 0 Å². The average Bonchev–Trinajstić information content (AvgIpc) is 2.12. The fraction of sp³-hybridized carbons (Fsp3) is 0.700. The maximum atomic E-state index is 11.3. The molecule has 0 aliphatic rings. The molecule has 76 valence electrons. The Morgan fingerprint density at radius 3 is 2.38 bits per heavy atom. The summed E-state index contributed by atoms with van der Waals surface area (Å²) in [7, 11) is 5.35. The van der Waals surface area contributed by atoms with Crippen LogP contribution in [-0.2, 0) is 4.79 Å². The second-order valence-electron chi connectivity index (χ2n) is 3.39. The number of likely N-dealkylation sites (N-methyl/N-ethyl adjacent to an activating group) is 1. The van der Waals surface area contributed by atoms with E-state index in [0.717, 1.165) is 12.1 Å². The van der Waals surface area contributed by atoms with Gasteiger partial charge in [-0.3, -0.25) is 4.79 Å². The lowest BCUT2D eigenvalue weighted by atomic mass is 10.0. The highest BCUT2D eigenvalue weighted by molar-refractivity contribution is 5.87. The van der Waals surface area contributed by atoms with Gasteiger partial charge in [-0.2, -0.15) is 0 Å². The van der Waals surface area contributed by atoms with Gasteiger partial charge >= 0.3 is 0 Å². The Hall–Kier alpha value is -0.990. The van der Waals surface area contributed by atoms with Crippen LogP contribution in [0.5, 0.6) is 0 Å². The molecular formula is C10H20N2O. The molecule has 0 aliphatic heterocycles. The Balaban J connectivity index is 4.47. The third kappa shape index (κ3) is 3.97. The van der Waals surface area contributed by atoms with Gasteiger partial charge in [0, 0.05) is 32.9 Å². The summed E-state index contributed by atoms with van der Waals surface area (Å²) in [6, 6.07) is 0. The van der Waals surface area contributed by atoms with E-state index in [0.29, 0.717) is 5.92 Å². The SMILES string of the molecule is CCC(C)/C(=C/C(=O)N(C)C)NC. The van der Waals surface area contributed by atoms with E-state index in [-0.39, 0.29) is 5.91 Å². The van der Waals surface area contributed by atoms with Gasteiger partial charge in [-0.15, -0.1) is 0 Å². The fourth-order valence-corrected chi connectivity index (χ4v) is 0.943. The normalized spacial score (nSPS) is 13.8. The monoisotopic (exact) mass is 184 g/mol. The second kappa shape index (κ2) is 5.62. The molecule has 0 saturated heterocycles. The number of rotatable bonds is 4. The van der Waals surface area contributed by atoms with Crippen molar-refractivity contribution in [1.29, 1.82) is 0 Å². The van der Waals surface area contributed by atoms with Crippen LogP contribution >= 0.6 is 0 Å². The molecule has 1 atom stereocenters. The van der Waals surface area contributed by atoms with Crippen LogP contribution < -0.4 is 5.32 Å². The topological polar surface area (TPSA) is 32.3 Å². The smallest absolute Gasteiger partial charge is 0.247 e. The molecular weight excluding hydrogens is 164 g/mol. The zero-order chi connectivity index (χ0) is 10.4. The summed E-state index contributed by atoms with van der Waals surface area (Å²) in [5.74, 6) is 0.443. The minimum absolute atomic E-state index is 0.0321. The number of carbonyl (C=O) groups is 1. The number of nitrogens with one attached hydrogen (secondary N) is 1. The van der Waals surface area contributed by atoms with E-state index >= 15 is 0 Å². The van der Waals surface area contributed by atoms with Crippen molar-refractivity contribution >= 4 is 5.91 Å². The van der Waals surface area contributed by atoms with Crippen molar-refractivity contribution in [1.82, 2.24) is 10.2 Å². The van der Waals surface area contributed by atoms with Gasteiger partial charge in [-0.1, -0.05) is 13.8 Å². The first-order valence-electron chi connectivity index (χ1n) is 4.63. The lowest BCUT2D eigenvalue weighted by Crippen LogP contribution is -2.23. The molecule has 0 bridgehead atoms. The molecule has 0 rings (SSSR count). The zero-order valence-electron chi connectivity index (χ0n) is 9.22. The fourth-order valence-electron chi connectivity index (χ4n) is 0.943. The molecule has 1 amide bonds. The maximum absolute atomic E-state index is 11.3.